The highest BCUT2D eigenvalue weighted by molar-refractivity contribution is 5.35. The molecular weight excluding hydrogens is 234 g/mol. The molecule has 2 aliphatic rings. The summed E-state index contributed by atoms with van der Waals surface area (Å²) in [5, 5.41) is 0. The molecule has 104 valence electrons. The van der Waals surface area contributed by atoms with Crippen LogP contribution in [0.25, 0.3) is 0 Å². The van der Waals surface area contributed by atoms with Crippen LogP contribution < -0.4 is 5.73 Å². The van der Waals surface area contributed by atoms with Crippen LogP contribution in [0, 0.1) is 0 Å². The van der Waals surface area contributed by atoms with E-state index in [1.54, 1.807) is 0 Å². The number of hydrogen-bond donors (Lipinski definition) is 1. The average molecular weight is 259 g/mol. The Hall–Kier alpha value is -0.860. The molecule has 1 saturated carbocycles. The Labute approximate surface area is 116 Å². The molecular formula is C17H25NO. The highest BCUT2D eigenvalue weighted by Gasteiger charge is 2.27. The van der Waals surface area contributed by atoms with E-state index in [9.17, 15) is 0 Å². The lowest BCUT2D eigenvalue weighted by Crippen LogP contribution is -2.46. The third kappa shape index (κ3) is 3.18. The topological polar surface area (TPSA) is 35.2 Å². The van der Waals surface area contributed by atoms with Gasteiger partial charge in [-0.3, -0.25) is 0 Å². The minimum Gasteiger partial charge on any atom is -0.375 e. The van der Waals surface area contributed by atoms with E-state index in [2.05, 4.69) is 18.2 Å². The summed E-state index contributed by atoms with van der Waals surface area (Å²) in [5.41, 5.74) is 10.7. The quantitative estimate of drug-likeness (QED) is 0.900. The Morgan fingerprint density at radius 1 is 1.00 bits per heavy atom. The van der Waals surface area contributed by atoms with Crippen molar-refractivity contribution < 1.29 is 4.74 Å². The number of benzene rings is 1. The second-order valence-electron chi connectivity index (χ2n) is 6.37. The van der Waals surface area contributed by atoms with Crippen LogP contribution in [0.5, 0.6) is 0 Å². The molecule has 2 heteroatoms. The lowest BCUT2D eigenvalue weighted by atomic mass is 9.83. The van der Waals surface area contributed by atoms with Crippen molar-refractivity contribution >= 4 is 0 Å². The number of hydrogen-bond acceptors (Lipinski definition) is 2. The highest BCUT2D eigenvalue weighted by atomic mass is 16.5. The molecule has 2 nitrogen and oxygen atoms in total. The van der Waals surface area contributed by atoms with E-state index in [0.717, 1.165) is 12.8 Å². The van der Waals surface area contributed by atoms with Gasteiger partial charge in [-0.25, -0.2) is 0 Å². The molecule has 0 radical (unpaired) electrons. The number of ether oxygens (including phenoxy) is 1. The van der Waals surface area contributed by atoms with Crippen molar-refractivity contribution in [3.05, 3.63) is 34.9 Å². The van der Waals surface area contributed by atoms with E-state index < -0.39 is 0 Å². The number of aryl methyl sites for hydroxylation is 2. The maximum absolute atomic E-state index is 6.39. The Bertz CT molecular complexity index is 435. The van der Waals surface area contributed by atoms with E-state index >= 15 is 0 Å². The minimum atomic E-state index is -0.0605. The van der Waals surface area contributed by atoms with E-state index in [-0.39, 0.29) is 5.54 Å². The molecule has 1 fully saturated rings. The summed E-state index contributed by atoms with van der Waals surface area (Å²) in [6, 6.07) is 6.82. The number of nitrogens with two attached hydrogens (primary N) is 1. The van der Waals surface area contributed by atoms with Crippen molar-refractivity contribution in [3.63, 3.8) is 0 Å². The zero-order valence-corrected chi connectivity index (χ0v) is 11.8. The molecule has 19 heavy (non-hydrogen) atoms. The Balaban J connectivity index is 1.52. The first-order valence-electron chi connectivity index (χ1n) is 7.73. The monoisotopic (exact) mass is 259 g/mol. The van der Waals surface area contributed by atoms with Crippen molar-refractivity contribution in [2.45, 2.75) is 63.5 Å². The zero-order chi connectivity index (χ0) is 13.1. The first kappa shape index (κ1) is 13.1. The van der Waals surface area contributed by atoms with Crippen LogP contribution in [0.2, 0.25) is 0 Å². The number of rotatable bonds is 4. The van der Waals surface area contributed by atoms with E-state index in [0.29, 0.717) is 13.2 Å². The molecule has 0 spiro atoms. The van der Waals surface area contributed by atoms with Crippen molar-refractivity contribution in [1.82, 2.24) is 0 Å². The largest absolute Gasteiger partial charge is 0.375 e. The Kier molecular flexibility index (Phi) is 3.90. The average Bonchev–Trinajstić information content (AvgIpc) is 2.87. The second kappa shape index (κ2) is 5.64. The van der Waals surface area contributed by atoms with E-state index in [1.165, 1.54) is 55.2 Å². The Morgan fingerprint density at radius 2 is 1.79 bits per heavy atom. The molecule has 0 amide bonds. The van der Waals surface area contributed by atoms with Gasteiger partial charge in [-0.15, -0.1) is 0 Å². The first-order chi connectivity index (χ1) is 9.25. The highest BCUT2D eigenvalue weighted by Crippen LogP contribution is 2.27. The molecule has 0 aromatic heterocycles. The van der Waals surface area contributed by atoms with Gasteiger partial charge in [-0.05, 0) is 48.8 Å². The SMILES string of the molecule is NC1(COCc2ccc3c(c2)CCC3)CCCCC1. The summed E-state index contributed by atoms with van der Waals surface area (Å²) in [7, 11) is 0. The molecule has 0 unspecified atom stereocenters. The second-order valence-corrected chi connectivity index (χ2v) is 6.37. The van der Waals surface area contributed by atoms with Crippen molar-refractivity contribution in [2.75, 3.05) is 6.61 Å². The normalized spacial score (nSPS) is 21.3. The third-order valence-electron chi connectivity index (χ3n) is 4.67. The summed E-state index contributed by atoms with van der Waals surface area (Å²) in [5.74, 6) is 0. The molecule has 1 aromatic carbocycles. The summed E-state index contributed by atoms with van der Waals surface area (Å²) in [6.45, 7) is 1.43. The van der Waals surface area contributed by atoms with Gasteiger partial charge < -0.3 is 10.5 Å². The zero-order valence-electron chi connectivity index (χ0n) is 11.8. The fourth-order valence-electron chi connectivity index (χ4n) is 3.49. The van der Waals surface area contributed by atoms with Crippen LogP contribution in [0.4, 0.5) is 0 Å². The van der Waals surface area contributed by atoms with Crippen LogP contribution in [0.1, 0.15) is 55.2 Å². The Morgan fingerprint density at radius 3 is 2.63 bits per heavy atom. The molecule has 0 bridgehead atoms. The molecule has 1 aromatic rings. The molecule has 3 rings (SSSR count). The molecule has 0 heterocycles. The van der Waals surface area contributed by atoms with Gasteiger partial charge >= 0.3 is 0 Å². The maximum Gasteiger partial charge on any atom is 0.0717 e. The fourth-order valence-corrected chi connectivity index (χ4v) is 3.49. The van der Waals surface area contributed by atoms with Crippen LogP contribution in [-0.2, 0) is 24.2 Å². The van der Waals surface area contributed by atoms with Gasteiger partial charge in [-0.2, -0.15) is 0 Å². The summed E-state index contributed by atoms with van der Waals surface area (Å²) in [6.07, 6.45) is 9.91. The van der Waals surface area contributed by atoms with Gasteiger partial charge in [0.15, 0.2) is 0 Å². The molecule has 2 aliphatic carbocycles. The lowest BCUT2D eigenvalue weighted by Gasteiger charge is -2.33. The molecule has 0 aliphatic heterocycles. The summed E-state index contributed by atoms with van der Waals surface area (Å²) >= 11 is 0. The standard InChI is InChI=1S/C17H25NO/c18-17(9-2-1-3-10-17)13-19-12-14-7-8-15-5-4-6-16(15)11-14/h7-8,11H,1-6,9-10,12-13,18H2. The minimum absolute atomic E-state index is 0.0605. The van der Waals surface area contributed by atoms with Crippen molar-refractivity contribution in [3.8, 4) is 0 Å². The molecule has 0 atom stereocenters. The van der Waals surface area contributed by atoms with Crippen LogP contribution in [-0.4, -0.2) is 12.1 Å². The van der Waals surface area contributed by atoms with Crippen LogP contribution in [0.15, 0.2) is 18.2 Å². The smallest absolute Gasteiger partial charge is 0.0717 e. The van der Waals surface area contributed by atoms with Crippen LogP contribution >= 0.6 is 0 Å². The molecule has 2 N–H and O–H groups in total. The van der Waals surface area contributed by atoms with Crippen molar-refractivity contribution in [1.29, 1.82) is 0 Å². The van der Waals surface area contributed by atoms with E-state index in [4.69, 9.17) is 10.5 Å². The summed E-state index contributed by atoms with van der Waals surface area (Å²) < 4.78 is 5.90. The van der Waals surface area contributed by atoms with Crippen molar-refractivity contribution in [2.24, 2.45) is 5.73 Å². The van der Waals surface area contributed by atoms with Crippen LogP contribution in [0.3, 0.4) is 0 Å². The fraction of sp³-hybridized carbons (Fsp3) is 0.647. The summed E-state index contributed by atoms with van der Waals surface area (Å²) in [4.78, 5) is 0. The van der Waals surface area contributed by atoms with Gasteiger partial charge in [0.1, 0.15) is 0 Å². The lowest BCUT2D eigenvalue weighted by molar-refractivity contribution is 0.0574. The van der Waals surface area contributed by atoms with Gasteiger partial charge in [0.05, 0.1) is 13.2 Å². The first-order valence-corrected chi connectivity index (χ1v) is 7.73. The predicted octanol–water partition coefficient (Wildman–Crippen LogP) is 3.35. The third-order valence-corrected chi connectivity index (χ3v) is 4.67. The molecule has 0 saturated heterocycles. The van der Waals surface area contributed by atoms with Gasteiger partial charge in [-0.1, -0.05) is 37.5 Å². The maximum atomic E-state index is 6.39. The van der Waals surface area contributed by atoms with Gasteiger partial charge in [0, 0.05) is 5.54 Å². The predicted molar refractivity (Wildman–Crippen MR) is 78.1 cm³/mol. The van der Waals surface area contributed by atoms with Gasteiger partial charge in [0.25, 0.3) is 0 Å². The van der Waals surface area contributed by atoms with Gasteiger partial charge in [0.2, 0.25) is 0 Å². The number of fused-ring (bicyclic) bond motifs is 1. The van der Waals surface area contributed by atoms with E-state index in [1.807, 2.05) is 0 Å².